The van der Waals surface area contributed by atoms with E-state index < -0.39 is 11.7 Å². The van der Waals surface area contributed by atoms with Crippen LogP contribution in [0.2, 0.25) is 5.02 Å². The molecule has 0 radical (unpaired) electrons. The third kappa shape index (κ3) is 4.64. The standard InChI is InChI=1S/C20H22ClN5O5/c1-11-18(12(2)25(3)23-11)22-15(27)10-26-20(28)31-16(24-26)9-7-13-6-8-14(29-4)19(30-5)17(13)21/h6-9H,10H2,1-5H3,(H,22,27). The fraction of sp³-hybridized carbons (Fsp3) is 0.300. The Kier molecular flexibility index (Phi) is 6.50. The monoisotopic (exact) mass is 447 g/mol. The fourth-order valence-corrected chi connectivity index (χ4v) is 3.25. The lowest BCUT2D eigenvalue weighted by Gasteiger charge is -2.10. The van der Waals surface area contributed by atoms with Crippen LogP contribution >= 0.6 is 11.6 Å². The zero-order valence-electron chi connectivity index (χ0n) is 17.7. The highest BCUT2D eigenvalue weighted by atomic mass is 35.5. The van der Waals surface area contributed by atoms with Crippen LogP contribution < -0.4 is 20.5 Å². The molecule has 0 spiro atoms. The second-order valence-corrected chi connectivity index (χ2v) is 7.00. The summed E-state index contributed by atoms with van der Waals surface area (Å²) in [7, 11) is 4.78. The maximum Gasteiger partial charge on any atom is 0.437 e. The molecule has 1 N–H and O–H groups in total. The molecular weight excluding hydrogens is 426 g/mol. The predicted molar refractivity (Wildman–Crippen MR) is 116 cm³/mol. The van der Waals surface area contributed by atoms with E-state index in [2.05, 4.69) is 15.5 Å². The topological polar surface area (TPSA) is 113 Å². The highest BCUT2D eigenvalue weighted by molar-refractivity contribution is 6.34. The number of carbonyl (C=O) groups excluding carboxylic acids is 1. The van der Waals surface area contributed by atoms with E-state index in [1.54, 1.807) is 36.9 Å². The van der Waals surface area contributed by atoms with Gasteiger partial charge < -0.3 is 19.2 Å². The molecule has 0 aliphatic carbocycles. The lowest BCUT2D eigenvalue weighted by Crippen LogP contribution is -2.26. The average molecular weight is 448 g/mol. The first kappa shape index (κ1) is 22.2. The van der Waals surface area contributed by atoms with E-state index in [-0.39, 0.29) is 12.4 Å². The summed E-state index contributed by atoms with van der Waals surface area (Å²) in [6.07, 6.45) is 3.08. The van der Waals surface area contributed by atoms with Crippen molar-refractivity contribution in [2.75, 3.05) is 19.5 Å². The largest absolute Gasteiger partial charge is 0.493 e. The van der Waals surface area contributed by atoms with E-state index in [1.165, 1.54) is 20.3 Å². The van der Waals surface area contributed by atoms with Gasteiger partial charge in [0.25, 0.3) is 0 Å². The maximum absolute atomic E-state index is 12.4. The molecule has 0 aliphatic heterocycles. The van der Waals surface area contributed by atoms with Gasteiger partial charge in [0.1, 0.15) is 6.54 Å². The molecule has 0 fully saturated rings. The smallest absolute Gasteiger partial charge is 0.437 e. The molecule has 2 aromatic heterocycles. The highest BCUT2D eigenvalue weighted by Gasteiger charge is 2.16. The molecule has 10 nitrogen and oxygen atoms in total. The Balaban J connectivity index is 1.75. The van der Waals surface area contributed by atoms with Crippen LogP contribution in [-0.2, 0) is 18.4 Å². The molecular formula is C20H22ClN5O5. The summed E-state index contributed by atoms with van der Waals surface area (Å²) in [4.78, 5) is 24.4. The van der Waals surface area contributed by atoms with Gasteiger partial charge in [-0.05, 0) is 37.6 Å². The van der Waals surface area contributed by atoms with Crippen LogP contribution in [0.4, 0.5) is 5.69 Å². The van der Waals surface area contributed by atoms with Crippen molar-refractivity contribution in [1.82, 2.24) is 19.6 Å². The van der Waals surface area contributed by atoms with Crippen LogP contribution in [0.3, 0.4) is 0 Å². The number of nitrogens with zero attached hydrogens (tertiary/aromatic N) is 4. The lowest BCUT2D eigenvalue weighted by molar-refractivity contribution is -0.117. The summed E-state index contributed by atoms with van der Waals surface area (Å²) in [5, 5.41) is 11.4. The first-order valence-corrected chi connectivity index (χ1v) is 9.59. The number of aryl methyl sites for hydroxylation is 2. The Labute approximate surface area is 183 Å². The van der Waals surface area contributed by atoms with E-state index in [0.29, 0.717) is 33.5 Å². The van der Waals surface area contributed by atoms with Gasteiger partial charge in [-0.3, -0.25) is 9.48 Å². The summed E-state index contributed by atoms with van der Waals surface area (Å²) in [5.41, 5.74) is 2.69. The van der Waals surface area contributed by atoms with E-state index in [4.69, 9.17) is 25.5 Å². The molecule has 0 atom stereocenters. The van der Waals surface area contributed by atoms with E-state index in [0.717, 1.165) is 10.4 Å². The number of aromatic nitrogens is 4. The number of halogens is 1. The zero-order chi connectivity index (χ0) is 22.7. The number of amides is 1. The molecule has 164 valence electrons. The normalized spacial score (nSPS) is 11.2. The molecule has 0 saturated heterocycles. The van der Waals surface area contributed by atoms with E-state index >= 15 is 0 Å². The molecule has 31 heavy (non-hydrogen) atoms. The van der Waals surface area contributed by atoms with Gasteiger partial charge in [0, 0.05) is 13.1 Å². The van der Waals surface area contributed by atoms with Crippen molar-refractivity contribution in [3.05, 3.63) is 50.5 Å². The Morgan fingerprint density at radius 1 is 1.23 bits per heavy atom. The lowest BCUT2D eigenvalue weighted by atomic mass is 10.2. The minimum atomic E-state index is -0.757. The van der Waals surface area contributed by atoms with Gasteiger partial charge in [0.15, 0.2) is 11.5 Å². The van der Waals surface area contributed by atoms with Gasteiger partial charge in [-0.1, -0.05) is 11.6 Å². The second kappa shape index (κ2) is 9.09. The Morgan fingerprint density at radius 2 is 1.97 bits per heavy atom. The molecule has 0 aliphatic rings. The average Bonchev–Trinajstić information content (AvgIpc) is 3.19. The van der Waals surface area contributed by atoms with Crippen LogP contribution in [0.15, 0.2) is 21.3 Å². The Morgan fingerprint density at radius 3 is 2.58 bits per heavy atom. The second-order valence-electron chi connectivity index (χ2n) is 6.62. The molecule has 0 bridgehead atoms. The molecule has 1 aromatic carbocycles. The van der Waals surface area contributed by atoms with Crippen molar-refractivity contribution in [2.45, 2.75) is 20.4 Å². The van der Waals surface area contributed by atoms with Crippen LogP contribution in [-0.4, -0.2) is 39.7 Å². The highest BCUT2D eigenvalue weighted by Crippen LogP contribution is 2.37. The number of ether oxygens (including phenoxy) is 2. The van der Waals surface area contributed by atoms with Crippen LogP contribution in [0.25, 0.3) is 12.2 Å². The van der Waals surface area contributed by atoms with Crippen molar-refractivity contribution in [3.63, 3.8) is 0 Å². The SMILES string of the molecule is COc1ccc(C=Cc2nn(CC(=O)Nc3c(C)nn(C)c3C)c(=O)o2)c(Cl)c1OC. The number of nitrogens with one attached hydrogen (secondary N) is 1. The summed E-state index contributed by atoms with van der Waals surface area (Å²) in [6.45, 7) is 3.31. The van der Waals surface area contributed by atoms with Crippen LogP contribution in [0.5, 0.6) is 11.5 Å². The number of rotatable bonds is 7. The summed E-state index contributed by atoms with van der Waals surface area (Å²) in [6, 6.07) is 3.42. The summed E-state index contributed by atoms with van der Waals surface area (Å²) < 4.78 is 18.1. The number of hydrogen-bond donors (Lipinski definition) is 1. The fourth-order valence-electron chi connectivity index (χ4n) is 2.95. The summed E-state index contributed by atoms with van der Waals surface area (Å²) >= 11 is 6.33. The van der Waals surface area contributed by atoms with Crippen molar-refractivity contribution < 1.29 is 18.7 Å². The molecule has 1 amide bonds. The first-order valence-electron chi connectivity index (χ1n) is 9.21. The van der Waals surface area contributed by atoms with Gasteiger partial charge in [0.2, 0.25) is 11.8 Å². The maximum atomic E-state index is 12.4. The Bertz CT molecular complexity index is 1210. The first-order chi connectivity index (χ1) is 14.7. The number of hydrogen-bond acceptors (Lipinski definition) is 7. The molecule has 2 heterocycles. The number of benzene rings is 1. The molecule has 3 rings (SSSR count). The number of carbonyl (C=O) groups is 1. The zero-order valence-corrected chi connectivity index (χ0v) is 18.5. The van der Waals surface area contributed by atoms with E-state index in [9.17, 15) is 9.59 Å². The molecule has 0 saturated carbocycles. The van der Waals surface area contributed by atoms with Crippen molar-refractivity contribution in [1.29, 1.82) is 0 Å². The molecule has 11 heteroatoms. The summed E-state index contributed by atoms with van der Waals surface area (Å²) in [5.74, 6) is -0.278. The predicted octanol–water partition coefficient (Wildman–Crippen LogP) is 2.67. The van der Waals surface area contributed by atoms with Gasteiger partial charge in [-0.25, -0.2) is 4.79 Å². The quantitative estimate of drug-likeness (QED) is 0.592. The third-order valence-corrected chi connectivity index (χ3v) is 5.00. The van der Waals surface area contributed by atoms with Gasteiger partial charge in [0.05, 0.1) is 36.3 Å². The van der Waals surface area contributed by atoms with E-state index in [1.807, 2.05) is 6.92 Å². The van der Waals surface area contributed by atoms with Crippen molar-refractivity contribution in [3.8, 4) is 11.5 Å². The molecule has 3 aromatic rings. The number of anilines is 1. The minimum absolute atomic E-state index is 0.0254. The van der Waals surface area contributed by atoms with Crippen molar-refractivity contribution in [2.24, 2.45) is 7.05 Å². The minimum Gasteiger partial charge on any atom is -0.493 e. The van der Waals surface area contributed by atoms with Gasteiger partial charge >= 0.3 is 5.76 Å². The van der Waals surface area contributed by atoms with Crippen LogP contribution in [0, 0.1) is 13.8 Å². The molecule has 0 unspecified atom stereocenters. The third-order valence-electron chi connectivity index (χ3n) is 4.61. The Hall–Kier alpha value is -3.53. The number of methoxy groups -OCH3 is 2. The van der Waals surface area contributed by atoms with Gasteiger partial charge in [-0.15, -0.1) is 5.10 Å². The van der Waals surface area contributed by atoms with Crippen molar-refractivity contribution >= 4 is 35.3 Å². The van der Waals surface area contributed by atoms with Crippen LogP contribution in [0.1, 0.15) is 22.8 Å². The van der Waals surface area contributed by atoms with Gasteiger partial charge in [-0.2, -0.15) is 9.78 Å².